The second-order valence-electron chi connectivity index (χ2n) is 6.99. The van der Waals surface area contributed by atoms with Crippen molar-refractivity contribution in [1.82, 2.24) is 0 Å². The zero-order valence-corrected chi connectivity index (χ0v) is 19.3. The second-order valence-corrected chi connectivity index (χ2v) is 7.91. The summed E-state index contributed by atoms with van der Waals surface area (Å²) in [5, 5.41) is 0. The molecule has 3 aromatic rings. The standard InChI is InChI=1S/C25H23BrO6/c1-17(2)31-23-13-12-18(26)16-21(23)25(28)32-22-11-7-6-10-20(22)24(27)30-15-14-29-19-8-4-3-5-9-19/h3-13,16-17H,14-15H2,1-2H3. The van der Waals surface area contributed by atoms with E-state index in [2.05, 4.69) is 15.9 Å². The third kappa shape index (κ3) is 6.59. The van der Waals surface area contributed by atoms with Gasteiger partial charge in [-0.15, -0.1) is 0 Å². The van der Waals surface area contributed by atoms with Crippen molar-refractivity contribution < 1.29 is 28.5 Å². The van der Waals surface area contributed by atoms with Gasteiger partial charge in [-0.2, -0.15) is 0 Å². The van der Waals surface area contributed by atoms with Gasteiger partial charge in [0.1, 0.15) is 41.6 Å². The van der Waals surface area contributed by atoms with Gasteiger partial charge in [-0.3, -0.25) is 0 Å². The van der Waals surface area contributed by atoms with Crippen molar-refractivity contribution in [2.75, 3.05) is 13.2 Å². The molecular formula is C25H23BrO6. The molecule has 0 aromatic heterocycles. The lowest BCUT2D eigenvalue weighted by Gasteiger charge is -2.15. The lowest BCUT2D eigenvalue weighted by Crippen LogP contribution is -2.17. The normalized spacial score (nSPS) is 10.5. The molecule has 7 heteroatoms. The van der Waals surface area contributed by atoms with Gasteiger partial charge in [0.2, 0.25) is 0 Å². The Labute approximate surface area is 195 Å². The number of benzene rings is 3. The summed E-state index contributed by atoms with van der Waals surface area (Å²) >= 11 is 3.36. The van der Waals surface area contributed by atoms with Crippen LogP contribution in [-0.4, -0.2) is 31.3 Å². The average Bonchev–Trinajstić information content (AvgIpc) is 2.78. The van der Waals surface area contributed by atoms with Gasteiger partial charge in [0, 0.05) is 4.47 Å². The summed E-state index contributed by atoms with van der Waals surface area (Å²) in [6.07, 6.45) is -0.122. The highest BCUT2D eigenvalue weighted by Gasteiger charge is 2.20. The summed E-state index contributed by atoms with van der Waals surface area (Å²) < 4.78 is 22.8. The molecule has 0 saturated heterocycles. The van der Waals surface area contributed by atoms with Gasteiger partial charge in [-0.25, -0.2) is 9.59 Å². The number of esters is 2. The van der Waals surface area contributed by atoms with Gasteiger partial charge in [-0.1, -0.05) is 46.3 Å². The molecule has 32 heavy (non-hydrogen) atoms. The highest BCUT2D eigenvalue weighted by molar-refractivity contribution is 9.10. The average molecular weight is 499 g/mol. The van der Waals surface area contributed by atoms with Crippen LogP contribution in [0.4, 0.5) is 0 Å². The Bertz CT molecular complexity index is 1070. The predicted octanol–water partition coefficient (Wildman–Crippen LogP) is 5.69. The molecule has 0 aliphatic carbocycles. The number of para-hydroxylation sites is 2. The van der Waals surface area contributed by atoms with E-state index in [1.165, 1.54) is 12.1 Å². The van der Waals surface area contributed by atoms with Crippen LogP contribution in [0.2, 0.25) is 0 Å². The maximum absolute atomic E-state index is 12.9. The van der Waals surface area contributed by atoms with Crippen molar-refractivity contribution in [2.24, 2.45) is 0 Å². The van der Waals surface area contributed by atoms with Gasteiger partial charge in [0.15, 0.2) is 0 Å². The van der Waals surface area contributed by atoms with Crippen molar-refractivity contribution in [3.8, 4) is 17.2 Å². The van der Waals surface area contributed by atoms with Crippen LogP contribution >= 0.6 is 15.9 Å². The van der Waals surface area contributed by atoms with E-state index < -0.39 is 11.9 Å². The van der Waals surface area contributed by atoms with Crippen LogP contribution < -0.4 is 14.2 Å². The van der Waals surface area contributed by atoms with Crippen LogP contribution in [0, 0.1) is 0 Å². The largest absolute Gasteiger partial charge is 0.490 e. The SMILES string of the molecule is CC(C)Oc1ccc(Br)cc1C(=O)Oc1ccccc1C(=O)OCCOc1ccccc1. The minimum absolute atomic E-state index is 0.0496. The molecule has 6 nitrogen and oxygen atoms in total. The van der Waals surface area contributed by atoms with Crippen molar-refractivity contribution in [1.29, 1.82) is 0 Å². The Kier molecular flexibility index (Phi) is 8.27. The van der Waals surface area contributed by atoms with Gasteiger partial charge in [0.25, 0.3) is 0 Å². The lowest BCUT2D eigenvalue weighted by molar-refractivity contribution is 0.0445. The van der Waals surface area contributed by atoms with Crippen molar-refractivity contribution in [2.45, 2.75) is 20.0 Å². The first-order chi connectivity index (χ1) is 15.4. The highest BCUT2D eigenvalue weighted by Crippen LogP contribution is 2.27. The Morgan fingerprint density at radius 1 is 0.812 bits per heavy atom. The van der Waals surface area contributed by atoms with Crippen LogP contribution in [-0.2, 0) is 4.74 Å². The number of hydrogen-bond acceptors (Lipinski definition) is 6. The van der Waals surface area contributed by atoms with Gasteiger partial charge in [-0.05, 0) is 56.3 Å². The van der Waals surface area contributed by atoms with E-state index in [1.807, 2.05) is 44.2 Å². The summed E-state index contributed by atoms with van der Waals surface area (Å²) in [6.45, 7) is 3.98. The molecule has 0 aliphatic heterocycles. The molecule has 0 fully saturated rings. The van der Waals surface area contributed by atoms with Crippen LogP contribution in [0.15, 0.2) is 77.3 Å². The predicted molar refractivity (Wildman–Crippen MR) is 124 cm³/mol. The molecule has 0 saturated carbocycles. The van der Waals surface area contributed by atoms with Crippen LogP contribution in [0.25, 0.3) is 0 Å². The molecule has 0 unspecified atom stereocenters. The van der Waals surface area contributed by atoms with E-state index in [0.717, 1.165) is 0 Å². The lowest BCUT2D eigenvalue weighted by atomic mass is 10.2. The number of halogens is 1. The Balaban J connectivity index is 1.66. The third-order valence-electron chi connectivity index (χ3n) is 4.16. The molecule has 3 aromatic carbocycles. The fourth-order valence-corrected chi connectivity index (χ4v) is 3.15. The van der Waals surface area contributed by atoms with Gasteiger partial charge >= 0.3 is 11.9 Å². The topological polar surface area (TPSA) is 71.1 Å². The summed E-state index contributed by atoms with van der Waals surface area (Å²) in [5.74, 6) is -0.0767. The Hall–Kier alpha value is -3.32. The summed E-state index contributed by atoms with van der Waals surface area (Å²) in [6, 6.07) is 20.7. The fourth-order valence-electron chi connectivity index (χ4n) is 2.79. The molecule has 0 atom stereocenters. The maximum Gasteiger partial charge on any atom is 0.347 e. The molecule has 0 radical (unpaired) electrons. The third-order valence-corrected chi connectivity index (χ3v) is 4.66. The van der Waals surface area contributed by atoms with E-state index in [-0.39, 0.29) is 36.2 Å². The molecular weight excluding hydrogens is 476 g/mol. The Morgan fingerprint density at radius 2 is 1.53 bits per heavy atom. The summed E-state index contributed by atoms with van der Waals surface area (Å²) in [4.78, 5) is 25.4. The number of carbonyl (C=O) groups is 2. The van der Waals surface area contributed by atoms with E-state index in [4.69, 9.17) is 18.9 Å². The maximum atomic E-state index is 12.9. The fraction of sp³-hybridized carbons (Fsp3) is 0.200. The summed E-state index contributed by atoms with van der Waals surface area (Å²) in [5.41, 5.74) is 0.384. The van der Waals surface area contributed by atoms with Crippen molar-refractivity contribution in [3.05, 3.63) is 88.4 Å². The molecule has 0 aliphatic rings. The van der Waals surface area contributed by atoms with E-state index in [1.54, 1.807) is 30.3 Å². The second kappa shape index (κ2) is 11.3. The first-order valence-corrected chi connectivity index (χ1v) is 10.9. The quantitative estimate of drug-likeness (QED) is 0.214. The molecule has 0 heterocycles. The first-order valence-electron chi connectivity index (χ1n) is 10.1. The number of carbonyl (C=O) groups excluding carboxylic acids is 2. The first kappa shape index (κ1) is 23.3. The van der Waals surface area contributed by atoms with Gasteiger partial charge < -0.3 is 18.9 Å². The van der Waals surface area contributed by atoms with Gasteiger partial charge in [0.05, 0.1) is 6.10 Å². The molecule has 166 valence electrons. The zero-order chi connectivity index (χ0) is 22.9. The molecule has 0 amide bonds. The summed E-state index contributed by atoms with van der Waals surface area (Å²) in [7, 11) is 0. The molecule has 3 rings (SSSR count). The van der Waals surface area contributed by atoms with Crippen LogP contribution in [0.1, 0.15) is 34.6 Å². The minimum Gasteiger partial charge on any atom is -0.490 e. The van der Waals surface area contributed by atoms with E-state index in [0.29, 0.717) is 16.0 Å². The van der Waals surface area contributed by atoms with E-state index in [9.17, 15) is 9.59 Å². The monoisotopic (exact) mass is 498 g/mol. The minimum atomic E-state index is -0.644. The van der Waals surface area contributed by atoms with Crippen molar-refractivity contribution >= 4 is 27.9 Å². The number of rotatable bonds is 9. The molecule has 0 spiro atoms. The number of hydrogen-bond donors (Lipinski definition) is 0. The Morgan fingerprint density at radius 3 is 2.28 bits per heavy atom. The highest BCUT2D eigenvalue weighted by atomic mass is 79.9. The van der Waals surface area contributed by atoms with Crippen LogP contribution in [0.5, 0.6) is 17.2 Å². The van der Waals surface area contributed by atoms with E-state index >= 15 is 0 Å². The smallest absolute Gasteiger partial charge is 0.347 e. The molecule has 0 N–H and O–H groups in total. The van der Waals surface area contributed by atoms with Crippen molar-refractivity contribution in [3.63, 3.8) is 0 Å². The number of ether oxygens (including phenoxy) is 4. The van der Waals surface area contributed by atoms with Crippen LogP contribution in [0.3, 0.4) is 0 Å². The molecule has 0 bridgehead atoms. The zero-order valence-electron chi connectivity index (χ0n) is 17.7.